The van der Waals surface area contributed by atoms with Gasteiger partial charge in [0.05, 0.1) is 0 Å². The van der Waals surface area contributed by atoms with Crippen molar-refractivity contribution in [2.45, 2.75) is 60.8 Å². The number of hydrogen-bond donors (Lipinski definition) is 0. The third-order valence-electron chi connectivity index (χ3n) is 4.79. The molecule has 1 unspecified atom stereocenters. The summed E-state index contributed by atoms with van der Waals surface area (Å²) in [6.07, 6.45) is 5.09. The predicted octanol–water partition coefficient (Wildman–Crippen LogP) is 4.01. The number of rotatable bonds is 9. The van der Waals surface area contributed by atoms with E-state index in [1.165, 1.54) is 25.7 Å². The molecule has 3 rings (SSSR count). The summed E-state index contributed by atoms with van der Waals surface area (Å²) in [5.41, 5.74) is 0. The zero-order valence-corrected chi connectivity index (χ0v) is 21.1. The summed E-state index contributed by atoms with van der Waals surface area (Å²) in [5.74, 6) is 1.57. The predicted molar refractivity (Wildman–Crippen MR) is 128 cm³/mol. The lowest BCUT2D eigenvalue weighted by Gasteiger charge is -2.35. The van der Waals surface area contributed by atoms with E-state index in [2.05, 4.69) is 13.8 Å². The van der Waals surface area contributed by atoms with Gasteiger partial charge in [-0.25, -0.2) is 0 Å². The minimum absolute atomic E-state index is 0. The number of hydroxylamine groups is 6. The standard InChI is InChI=1S/2C7H15NO2.C6H13NO2.C2H6.CH4/c1-7-3-4-8(5-7)10-6-9-2;1-9-7-10-8-5-3-2-4-6-8;1-6-3-7(4-6)9-5-8-2;1-2;/h7H,3-6H2,1-2H3;2-7H2,1H3;6H,3-5H2,1-2H3;1-2H3;1H4. The molecule has 0 saturated carbocycles. The molecule has 0 N–H and O–H groups in total. The lowest BCUT2D eigenvalue weighted by molar-refractivity contribution is -0.260. The van der Waals surface area contributed by atoms with E-state index < -0.39 is 0 Å². The molecular weight excluding hydrogens is 414 g/mol. The fraction of sp³-hybridized carbons (Fsp3) is 1.00. The van der Waals surface area contributed by atoms with Crippen LogP contribution in [0, 0.1) is 11.8 Å². The number of ether oxygens (including phenoxy) is 3. The lowest BCUT2D eigenvalue weighted by atomic mass is 10.1. The highest BCUT2D eigenvalue weighted by atomic mass is 16.8. The first-order valence-corrected chi connectivity index (χ1v) is 11.7. The molecule has 0 bridgehead atoms. The Hall–Kier alpha value is -0.360. The number of hydrogen-bond acceptors (Lipinski definition) is 9. The quantitative estimate of drug-likeness (QED) is 0.468. The summed E-state index contributed by atoms with van der Waals surface area (Å²) in [4.78, 5) is 15.6. The Morgan fingerprint density at radius 2 is 1.03 bits per heavy atom. The zero-order chi connectivity index (χ0) is 23.3. The Morgan fingerprint density at radius 1 is 0.594 bits per heavy atom. The maximum atomic E-state index is 5.24. The van der Waals surface area contributed by atoms with Gasteiger partial charge in [-0.3, -0.25) is 14.5 Å². The van der Waals surface area contributed by atoms with Crippen molar-refractivity contribution in [1.82, 2.24) is 15.2 Å². The Balaban J connectivity index is 0. The summed E-state index contributed by atoms with van der Waals surface area (Å²) < 4.78 is 14.3. The molecule has 0 aromatic rings. The second-order valence-corrected chi connectivity index (χ2v) is 7.83. The Bertz CT molecular complexity index is 361. The molecule has 3 aliphatic rings. The topological polar surface area (TPSA) is 65.1 Å². The summed E-state index contributed by atoms with van der Waals surface area (Å²) in [7, 11) is 4.91. The molecule has 0 aromatic heterocycles. The first kappa shape index (κ1) is 33.8. The van der Waals surface area contributed by atoms with Crippen LogP contribution in [0.5, 0.6) is 0 Å². The molecule has 9 nitrogen and oxygen atoms in total. The third kappa shape index (κ3) is 18.1. The molecule has 0 amide bonds. The molecule has 0 spiro atoms. The molecule has 0 radical (unpaired) electrons. The summed E-state index contributed by atoms with van der Waals surface area (Å²) in [6, 6.07) is 0. The van der Waals surface area contributed by atoms with Gasteiger partial charge >= 0.3 is 0 Å². The van der Waals surface area contributed by atoms with Gasteiger partial charge < -0.3 is 14.2 Å². The smallest absolute Gasteiger partial charge is 0.166 e. The van der Waals surface area contributed by atoms with Crippen LogP contribution in [0.15, 0.2) is 0 Å². The maximum absolute atomic E-state index is 5.24. The first-order chi connectivity index (χ1) is 15.1. The maximum Gasteiger partial charge on any atom is 0.166 e. The van der Waals surface area contributed by atoms with Crippen molar-refractivity contribution in [1.29, 1.82) is 0 Å². The van der Waals surface area contributed by atoms with Crippen molar-refractivity contribution >= 4 is 0 Å². The number of methoxy groups -OCH3 is 3. The van der Waals surface area contributed by atoms with Gasteiger partial charge in [0.15, 0.2) is 20.4 Å². The van der Waals surface area contributed by atoms with E-state index in [4.69, 9.17) is 28.7 Å². The second-order valence-electron chi connectivity index (χ2n) is 7.83. The van der Waals surface area contributed by atoms with Crippen LogP contribution in [0.4, 0.5) is 0 Å². The van der Waals surface area contributed by atoms with Crippen LogP contribution in [-0.4, -0.2) is 96.2 Å². The Labute approximate surface area is 198 Å². The van der Waals surface area contributed by atoms with Crippen LogP contribution in [0.2, 0.25) is 0 Å². The molecule has 3 aliphatic heterocycles. The summed E-state index contributed by atoms with van der Waals surface area (Å²) in [6.45, 7) is 15.9. The molecule has 0 aliphatic carbocycles. The molecule has 3 fully saturated rings. The van der Waals surface area contributed by atoms with Gasteiger partial charge in [0.25, 0.3) is 0 Å². The van der Waals surface area contributed by atoms with Crippen LogP contribution in [0.1, 0.15) is 60.8 Å². The average molecular weight is 468 g/mol. The highest BCUT2D eigenvalue weighted by Gasteiger charge is 2.22. The van der Waals surface area contributed by atoms with Gasteiger partial charge in [0, 0.05) is 60.6 Å². The highest BCUT2D eigenvalue weighted by molar-refractivity contribution is 4.68. The molecule has 3 heterocycles. The van der Waals surface area contributed by atoms with Gasteiger partial charge in [-0.05, 0) is 31.1 Å². The molecule has 1 atom stereocenters. The molecule has 32 heavy (non-hydrogen) atoms. The minimum Gasteiger partial charge on any atom is -0.357 e. The second kappa shape index (κ2) is 23.8. The van der Waals surface area contributed by atoms with E-state index >= 15 is 0 Å². The van der Waals surface area contributed by atoms with Gasteiger partial charge in [-0.1, -0.05) is 41.5 Å². The highest BCUT2D eigenvalue weighted by Crippen LogP contribution is 2.14. The molecule has 196 valence electrons. The average Bonchev–Trinajstić information content (AvgIpc) is 3.21. The van der Waals surface area contributed by atoms with Crippen molar-refractivity contribution in [3.8, 4) is 0 Å². The van der Waals surface area contributed by atoms with Crippen LogP contribution in [-0.2, 0) is 28.7 Å². The van der Waals surface area contributed by atoms with Crippen molar-refractivity contribution in [2.24, 2.45) is 11.8 Å². The zero-order valence-electron chi connectivity index (χ0n) is 21.1. The van der Waals surface area contributed by atoms with E-state index in [1.54, 1.807) is 21.3 Å². The third-order valence-corrected chi connectivity index (χ3v) is 4.79. The van der Waals surface area contributed by atoms with E-state index in [0.717, 1.165) is 51.1 Å². The van der Waals surface area contributed by atoms with Crippen LogP contribution >= 0.6 is 0 Å². The molecular formula is C23H53N3O6. The summed E-state index contributed by atoms with van der Waals surface area (Å²) in [5, 5.41) is 5.86. The SMILES string of the molecule is C.CC.COCON1CC(C)C1.COCON1CCC(C)C1.COCON1CCCCC1. The fourth-order valence-corrected chi connectivity index (χ4v) is 3.13. The first-order valence-electron chi connectivity index (χ1n) is 11.7. The Morgan fingerprint density at radius 3 is 1.44 bits per heavy atom. The Kier molecular flexibility index (Phi) is 25.1. The largest absolute Gasteiger partial charge is 0.357 e. The van der Waals surface area contributed by atoms with Crippen molar-refractivity contribution in [3.63, 3.8) is 0 Å². The van der Waals surface area contributed by atoms with Gasteiger partial charge in [-0.15, -0.1) is 0 Å². The monoisotopic (exact) mass is 467 g/mol. The lowest BCUT2D eigenvalue weighted by Crippen LogP contribution is -2.45. The van der Waals surface area contributed by atoms with Crippen LogP contribution < -0.4 is 0 Å². The van der Waals surface area contributed by atoms with Crippen molar-refractivity contribution in [3.05, 3.63) is 0 Å². The molecule has 3 saturated heterocycles. The van der Waals surface area contributed by atoms with E-state index in [0.29, 0.717) is 20.4 Å². The number of piperidine rings is 1. The summed E-state index contributed by atoms with van der Waals surface area (Å²) >= 11 is 0. The molecule has 0 aromatic carbocycles. The normalized spacial score (nSPS) is 21.7. The van der Waals surface area contributed by atoms with E-state index in [1.807, 2.05) is 29.0 Å². The number of nitrogens with zero attached hydrogens (tertiary/aromatic N) is 3. The van der Waals surface area contributed by atoms with Crippen LogP contribution in [0.3, 0.4) is 0 Å². The van der Waals surface area contributed by atoms with Crippen molar-refractivity contribution < 1.29 is 28.7 Å². The van der Waals surface area contributed by atoms with Gasteiger partial charge in [0.1, 0.15) is 0 Å². The van der Waals surface area contributed by atoms with Gasteiger partial charge in [-0.2, -0.15) is 15.2 Å². The van der Waals surface area contributed by atoms with Crippen molar-refractivity contribution in [2.75, 3.05) is 81.0 Å². The van der Waals surface area contributed by atoms with E-state index in [9.17, 15) is 0 Å². The minimum atomic E-state index is 0. The molecule has 9 heteroatoms. The van der Waals surface area contributed by atoms with E-state index in [-0.39, 0.29) is 7.43 Å². The van der Waals surface area contributed by atoms with Gasteiger partial charge in [0.2, 0.25) is 0 Å². The van der Waals surface area contributed by atoms with Crippen LogP contribution in [0.25, 0.3) is 0 Å². The fourth-order valence-electron chi connectivity index (χ4n) is 3.13.